The van der Waals surface area contributed by atoms with Crippen molar-refractivity contribution in [1.29, 1.82) is 0 Å². The number of benzene rings is 1. The smallest absolute Gasteiger partial charge is 0.322 e. The molecule has 3 rings (SSSR count). The molecule has 2 N–H and O–H groups in total. The molecule has 1 fully saturated rings. The van der Waals surface area contributed by atoms with E-state index in [1.807, 2.05) is 35.4 Å². The maximum atomic E-state index is 12.5. The minimum atomic E-state index is 0.0290. The Morgan fingerprint density at radius 1 is 1.40 bits per heavy atom. The van der Waals surface area contributed by atoms with E-state index < -0.39 is 0 Å². The summed E-state index contributed by atoms with van der Waals surface area (Å²) in [6.45, 7) is 3.02. The Hall–Kier alpha value is -1.97. The van der Waals surface area contributed by atoms with Crippen LogP contribution in [0.5, 0.6) is 0 Å². The molecule has 1 aromatic heterocycles. The van der Waals surface area contributed by atoms with Crippen molar-refractivity contribution in [3.63, 3.8) is 0 Å². The third kappa shape index (κ3) is 2.38. The van der Waals surface area contributed by atoms with Crippen molar-refractivity contribution in [1.82, 2.24) is 9.88 Å². The SMILES string of the molecule is CCC1CCCCN1C(=O)Nc1c[nH]c2ccccc12. The van der Waals surface area contributed by atoms with Gasteiger partial charge in [0, 0.05) is 29.7 Å². The average molecular weight is 271 g/mol. The standard InChI is InChI=1S/C16H21N3O/c1-2-12-7-5-6-10-19(12)16(20)18-15-11-17-14-9-4-3-8-13(14)15/h3-4,8-9,11-12,17H,2,5-7,10H2,1H3,(H,18,20). The highest BCUT2D eigenvalue weighted by Crippen LogP contribution is 2.25. The van der Waals surface area contributed by atoms with Crippen molar-refractivity contribution in [2.24, 2.45) is 0 Å². The molecule has 1 unspecified atom stereocenters. The monoisotopic (exact) mass is 271 g/mol. The second kappa shape index (κ2) is 5.57. The fraction of sp³-hybridized carbons (Fsp3) is 0.438. The lowest BCUT2D eigenvalue weighted by Crippen LogP contribution is -2.45. The molecule has 1 aliphatic rings. The Labute approximate surface area is 119 Å². The van der Waals surface area contributed by atoms with Crippen molar-refractivity contribution < 1.29 is 4.79 Å². The van der Waals surface area contributed by atoms with Gasteiger partial charge in [0.25, 0.3) is 0 Å². The zero-order valence-electron chi connectivity index (χ0n) is 11.9. The van der Waals surface area contributed by atoms with E-state index in [1.54, 1.807) is 0 Å². The van der Waals surface area contributed by atoms with Crippen LogP contribution >= 0.6 is 0 Å². The predicted molar refractivity (Wildman–Crippen MR) is 82.0 cm³/mol. The summed E-state index contributed by atoms with van der Waals surface area (Å²) < 4.78 is 0. The number of aromatic nitrogens is 1. The first kappa shape index (κ1) is 13.0. The first-order valence-electron chi connectivity index (χ1n) is 7.43. The van der Waals surface area contributed by atoms with Crippen molar-refractivity contribution in [2.45, 2.75) is 38.6 Å². The summed E-state index contributed by atoms with van der Waals surface area (Å²) in [5.74, 6) is 0. The Balaban J connectivity index is 1.78. The number of para-hydroxylation sites is 1. The molecule has 4 nitrogen and oxygen atoms in total. The van der Waals surface area contributed by atoms with Crippen LogP contribution in [0.1, 0.15) is 32.6 Å². The number of hydrogen-bond donors (Lipinski definition) is 2. The number of nitrogens with one attached hydrogen (secondary N) is 2. The molecule has 106 valence electrons. The van der Waals surface area contributed by atoms with Gasteiger partial charge in [0.15, 0.2) is 0 Å². The number of piperidine rings is 1. The van der Waals surface area contributed by atoms with Gasteiger partial charge in [0.05, 0.1) is 5.69 Å². The van der Waals surface area contributed by atoms with Crippen molar-refractivity contribution in [3.8, 4) is 0 Å². The third-order valence-electron chi connectivity index (χ3n) is 4.19. The maximum Gasteiger partial charge on any atom is 0.322 e. The number of anilines is 1. The second-order valence-electron chi connectivity index (χ2n) is 5.43. The van der Waals surface area contributed by atoms with Crippen LogP contribution in [-0.2, 0) is 0 Å². The first-order valence-corrected chi connectivity index (χ1v) is 7.43. The molecule has 2 heterocycles. The lowest BCUT2D eigenvalue weighted by molar-refractivity contribution is 0.160. The minimum Gasteiger partial charge on any atom is -0.359 e. The summed E-state index contributed by atoms with van der Waals surface area (Å²) in [6.07, 6.45) is 6.36. The van der Waals surface area contributed by atoms with Crippen molar-refractivity contribution in [2.75, 3.05) is 11.9 Å². The lowest BCUT2D eigenvalue weighted by Gasteiger charge is -2.35. The van der Waals surface area contributed by atoms with Crippen LogP contribution in [0.3, 0.4) is 0 Å². The zero-order valence-corrected chi connectivity index (χ0v) is 11.9. The fourth-order valence-electron chi connectivity index (χ4n) is 3.05. The van der Waals surface area contributed by atoms with Gasteiger partial charge in [-0.2, -0.15) is 0 Å². The van der Waals surface area contributed by atoms with E-state index in [2.05, 4.69) is 17.2 Å². The van der Waals surface area contributed by atoms with Crippen LogP contribution in [-0.4, -0.2) is 28.5 Å². The van der Waals surface area contributed by atoms with Crippen LogP contribution in [0.4, 0.5) is 10.5 Å². The van der Waals surface area contributed by atoms with Gasteiger partial charge >= 0.3 is 6.03 Å². The van der Waals surface area contributed by atoms with Gasteiger partial charge in [-0.05, 0) is 31.7 Å². The molecule has 20 heavy (non-hydrogen) atoms. The van der Waals surface area contributed by atoms with Crippen LogP contribution in [0.15, 0.2) is 30.5 Å². The summed E-state index contributed by atoms with van der Waals surface area (Å²) in [5, 5.41) is 4.12. The van der Waals surface area contributed by atoms with Gasteiger partial charge in [-0.15, -0.1) is 0 Å². The molecular formula is C16H21N3O. The van der Waals surface area contributed by atoms with E-state index in [-0.39, 0.29) is 6.03 Å². The van der Waals surface area contributed by atoms with Gasteiger partial charge in [-0.3, -0.25) is 0 Å². The van der Waals surface area contributed by atoms with E-state index >= 15 is 0 Å². The Morgan fingerprint density at radius 3 is 3.10 bits per heavy atom. The van der Waals surface area contributed by atoms with Crippen LogP contribution < -0.4 is 5.32 Å². The number of carbonyl (C=O) groups excluding carboxylic acids is 1. The number of H-pyrrole nitrogens is 1. The molecule has 1 saturated heterocycles. The number of likely N-dealkylation sites (tertiary alicyclic amines) is 1. The first-order chi connectivity index (χ1) is 9.79. The van der Waals surface area contributed by atoms with E-state index in [9.17, 15) is 4.79 Å². The van der Waals surface area contributed by atoms with Gasteiger partial charge < -0.3 is 15.2 Å². The second-order valence-corrected chi connectivity index (χ2v) is 5.43. The van der Waals surface area contributed by atoms with Crippen molar-refractivity contribution >= 4 is 22.6 Å². The third-order valence-corrected chi connectivity index (χ3v) is 4.19. The molecule has 0 aliphatic carbocycles. The van der Waals surface area contributed by atoms with E-state index in [4.69, 9.17) is 0 Å². The normalized spacial score (nSPS) is 19.2. The number of carbonyl (C=O) groups is 1. The number of fused-ring (bicyclic) bond motifs is 1. The molecular weight excluding hydrogens is 250 g/mol. The zero-order chi connectivity index (χ0) is 13.9. The van der Waals surface area contributed by atoms with Crippen LogP contribution in [0.2, 0.25) is 0 Å². The summed E-state index contributed by atoms with van der Waals surface area (Å²) >= 11 is 0. The van der Waals surface area contributed by atoms with Gasteiger partial charge in [-0.25, -0.2) is 4.79 Å². The van der Waals surface area contributed by atoms with Gasteiger partial charge in [-0.1, -0.05) is 25.1 Å². The summed E-state index contributed by atoms with van der Waals surface area (Å²) in [5.41, 5.74) is 1.92. The van der Waals surface area contributed by atoms with Crippen molar-refractivity contribution in [3.05, 3.63) is 30.5 Å². The Bertz CT molecular complexity index is 605. The average Bonchev–Trinajstić information content (AvgIpc) is 2.90. The molecule has 1 aliphatic heterocycles. The molecule has 0 radical (unpaired) electrons. The summed E-state index contributed by atoms with van der Waals surface area (Å²) in [6, 6.07) is 8.43. The highest BCUT2D eigenvalue weighted by Gasteiger charge is 2.25. The van der Waals surface area contributed by atoms with Gasteiger partial charge in [0.2, 0.25) is 0 Å². The predicted octanol–water partition coefficient (Wildman–Crippen LogP) is 3.96. The largest absolute Gasteiger partial charge is 0.359 e. The lowest BCUT2D eigenvalue weighted by atomic mass is 10.0. The molecule has 0 bridgehead atoms. The summed E-state index contributed by atoms with van der Waals surface area (Å²) in [4.78, 5) is 17.7. The molecule has 1 atom stereocenters. The highest BCUT2D eigenvalue weighted by molar-refractivity contribution is 6.01. The quantitative estimate of drug-likeness (QED) is 0.853. The van der Waals surface area contributed by atoms with E-state index in [0.717, 1.165) is 42.4 Å². The minimum absolute atomic E-state index is 0.0290. The molecule has 4 heteroatoms. The Morgan fingerprint density at radius 2 is 2.25 bits per heavy atom. The van der Waals surface area contributed by atoms with Crippen LogP contribution in [0, 0.1) is 0 Å². The number of hydrogen-bond acceptors (Lipinski definition) is 1. The summed E-state index contributed by atoms with van der Waals surface area (Å²) in [7, 11) is 0. The molecule has 2 amide bonds. The fourth-order valence-corrected chi connectivity index (χ4v) is 3.05. The molecule has 0 spiro atoms. The number of nitrogens with zero attached hydrogens (tertiary/aromatic N) is 1. The number of amides is 2. The maximum absolute atomic E-state index is 12.5. The van der Waals surface area contributed by atoms with E-state index in [0.29, 0.717) is 6.04 Å². The Kier molecular flexibility index (Phi) is 3.63. The number of urea groups is 1. The van der Waals surface area contributed by atoms with Gasteiger partial charge in [0.1, 0.15) is 0 Å². The molecule has 0 saturated carbocycles. The van der Waals surface area contributed by atoms with E-state index in [1.165, 1.54) is 6.42 Å². The number of aromatic amines is 1. The highest BCUT2D eigenvalue weighted by atomic mass is 16.2. The number of rotatable bonds is 2. The molecule has 2 aromatic rings. The molecule has 1 aromatic carbocycles. The van der Waals surface area contributed by atoms with Crippen LogP contribution in [0.25, 0.3) is 10.9 Å². The topological polar surface area (TPSA) is 48.1 Å².